The maximum absolute atomic E-state index is 2.40. The maximum Gasteiger partial charge on any atom is 0.0102 e. The van der Waals surface area contributed by atoms with Crippen LogP contribution in [0.25, 0.3) is 0 Å². The molecule has 0 aliphatic carbocycles. The van der Waals surface area contributed by atoms with Gasteiger partial charge >= 0.3 is 0 Å². The summed E-state index contributed by atoms with van der Waals surface area (Å²) in [4.78, 5) is 2.40. The van der Waals surface area contributed by atoms with E-state index in [1.54, 1.807) is 0 Å². The largest absolute Gasteiger partial charge is 0.303 e. The van der Waals surface area contributed by atoms with Crippen LogP contribution in [0.1, 0.15) is 19.8 Å². The molecular weight excluding hydrogens is 86.1 g/mol. The van der Waals surface area contributed by atoms with Crippen LogP contribution in [-0.4, -0.2) is 24.5 Å². The van der Waals surface area contributed by atoms with Crippen molar-refractivity contribution in [2.45, 2.75) is 25.8 Å². The Balaban J connectivity index is 2.16. The van der Waals surface area contributed by atoms with E-state index >= 15 is 0 Å². The number of rotatable bonds is 1. The van der Waals surface area contributed by atoms with E-state index in [0.717, 1.165) is 6.04 Å². The Morgan fingerprint density at radius 2 is 2.43 bits per heavy atom. The first-order valence-corrected chi connectivity index (χ1v) is 3.05. The highest BCUT2D eigenvalue weighted by Gasteiger charge is 2.20. The van der Waals surface area contributed by atoms with E-state index < -0.39 is 0 Å². The van der Waals surface area contributed by atoms with Gasteiger partial charge in [0.25, 0.3) is 0 Å². The first kappa shape index (κ1) is 5.10. The number of hydrogen-bond donors (Lipinski definition) is 0. The van der Waals surface area contributed by atoms with Gasteiger partial charge in [0.05, 0.1) is 0 Å². The van der Waals surface area contributed by atoms with Crippen molar-refractivity contribution in [1.29, 1.82) is 0 Å². The van der Waals surface area contributed by atoms with E-state index in [0.29, 0.717) is 0 Å². The molecule has 0 bridgehead atoms. The van der Waals surface area contributed by atoms with Gasteiger partial charge in [-0.15, -0.1) is 0 Å². The number of nitrogens with zero attached hydrogens (tertiary/aromatic N) is 1. The Morgan fingerprint density at radius 3 is 2.43 bits per heavy atom. The number of hydrogen-bond acceptors (Lipinski definition) is 1. The van der Waals surface area contributed by atoms with Gasteiger partial charge in [0, 0.05) is 6.04 Å². The summed E-state index contributed by atoms with van der Waals surface area (Å²) in [6.07, 6.45) is 2.75. The second kappa shape index (κ2) is 1.83. The summed E-state index contributed by atoms with van der Waals surface area (Å²) >= 11 is 0. The third kappa shape index (κ3) is 0.778. The molecule has 0 saturated carbocycles. The van der Waals surface area contributed by atoms with Gasteiger partial charge in [0.15, 0.2) is 0 Å². The molecule has 1 aliphatic rings. The van der Waals surface area contributed by atoms with Crippen LogP contribution in [0.2, 0.25) is 0 Å². The molecular formula is C6H13N. The Labute approximate surface area is 45.3 Å². The van der Waals surface area contributed by atoms with Gasteiger partial charge < -0.3 is 4.90 Å². The zero-order valence-electron chi connectivity index (χ0n) is 5.15. The van der Waals surface area contributed by atoms with Crippen molar-refractivity contribution >= 4 is 0 Å². The van der Waals surface area contributed by atoms with Gasteiger partial charge in [-0.05, 0) is 26.4 Å². The minimum atomic E-state index is 0.917. The molecule has 42 valence electrons. The highest BCUT2D eigenvalue weighted by molar-refractivity contribution is 4.77. The lowest BCUT2D eigenvalue weighted by atomic mass is 10.0. The Kier molecular flexibility index (Phi) is 1.33. The quantitative estimate of drug-likeness (QED) is 0.476. The topological polar surface area (TPSA) is 3.24 Å². The van der Waals surface area contributed by atoms with E-state index in [4.69, 9.17) is 0 Å². The summed E-state index contributed by atoms with van der Waals surface area (Å²) in [7, 11) is 2.19. The van der Waals surface area contributed by atoms with Crippen LogP contribution < -0.4 is 0 Å². The summed E-state index contributed by atoms with van der Waals surface area (Å²) in [6, 6.07) is 0.917. The molecule has 0 unspecified atom stereocenters. The van der Waals surface area contributed by atoms with Gasteiger partial charge in [0.1, 0.15) is 0 Å². The summed E-state index contributed by atoms with van der Waals surface area (Å²) in [5, 5.41) is 0. The molecule has 1 aliphatic heterocycles. The van der Waals surface area contributed by atoms with Crippen molar-refractivity contribution in [2.75, 3.05) is 13.6 Å². The second-order valence-corrected chi connectivity index (χ2v) is 2.33. The van der Waals surface area contributed by atoms with Gasteiger partial charge in [-0.2, -0.15) is 0 Å². The van der Waals surface area contributed by atoms with E-state index in [1.165, 1.54) is 19.4 Å². The average Bonchev–Trinajstić information content (AvgIpc) is 1.65. The molecule has 0 spiro atoms. The van der Waals surface area contributed by atoms with Crippen molar-refractivity contribution in [3.63, 3.8) is 0 Å². The molecule has 1 rings (SSSR count). The SMILES string of the molecule is CC[C@H]1CCN1C. The van der Waals surface area contributed by atoms with E-state index in [2.05, 4.69) is 18.9 Å². The first-order chi connectivity index (χ1) is 3.34. The third-order valence-electron chi connectivity index (χ3n) is 1.91. The van der Waals surface area contributed by atoms with Crippen molar-refractivity contribution in [2.24, 2.45) is 0 Å². The third-order valence-corrected chi connectivity index (χ3v) is 1.91. The number of likely N-dealkylation sites (tertiary alicyclic amines) is 1. The molecule has 0 aromatic rings. The van der Waals surface area contributed by atoms with Crippen molar-refractivity contribution < 1.29 is 0 Å². The maximum atomic E-state index is 2.40. The smallest absolute Gasteiger partial charge is 0.0102 e. The Morgan fingerprint density at radius 1 is 1.71 bits per heavy atom. The van der Waals surface area contributed by atoms with Crippen LogP contribution in [0.15, 0.2) is 0 Å². The molecule has 1 nitrogen and oxygen atoms in total. The van der Waals surface area contributed by atoms with Gasteiger partial charge in [-0.3, -0.25) is 0 Å². The van der Waals surface area contributed by atoms with E-state index in [-0.39, 0.29) is 0 Å². The summed E-state index contributed by atoms with van der Waals surface area (Å²) in [5.74, 6) is 0. The average molecular weight is 99.2 g/mol. The molecule has 0 amide bonds. The molecule has 1 heterocycles. The van der Waals surface area contributed by atoms with Crippen LogP contribution in [0.4, 0.5) is 0 Å². The molecule has 0 aromatic heterocycles. The standard InChI is InChI=1S/C6H13N/c1-3-6-4-5-7(6)2/h6H,3-5H2,1-2H3/t6-/m0/s1. The highest BCUT2D eigenvalue weighted by atomic mass is 15.2. The lowest BCUT2D eigenvalue weighted by molar-refractivity contribution is 0.123. The van der Waals surface area contributed by atoms with Gasteiger partial charge in [-0.1, -0.05) is 6.92 Å². The molecule has 7 heavy (non-hydrogen) atoms. The van der Waals surface area contributed by atoms with Crippen LogP contribution in [0.5, 0.6) is 0 Å². The van der Waals surface area contributed by atoms with E-state index in [1.807, 2.05) is 0 Å². The van der Waals surface area contributed by atoms with Gasteiger partial charge in [-0.25, -0.2) is 0 Å². The minimum absolute atomic E-state index is 0.917. The fourth-order valence-corrected chi connectivity index (χ4v) is 1.09. The molecule has 1 atom stereocenters. The van der Waals surface area contributed by atoms with Crippen LogP contribution in [-0.2, 0) is 0 Å². The molecule has 1 saturated heterocycles. The normalized spacial score (nSPS) is 32.6. The van der Waals surface area contributed by atoms with E-state index in [9.17, 15) is 0 Å². The fourth-order valence-electron chi connectivity index (χ4n) is 1.09. The summed E-state index contributed by atoms with van der Waals surface area (Å²) < 4.78 is 0. The predicted octanol–water partition coefficient (Wildman–Crippen LogP) is 1.10. The lowest BCUT2D eigenvalue weighted by Gasteiger charge is -2.37. The minimum Gasteiger partial charge on any atom is -0.303 e. The second-order valence-electron chi connectivity index (χ2n) is 2.33. The monoisotopic (exact) mass is 99.1 g/mol. The molecule has 0 aromatic carbocycles. The summed E-state index contributed by atoms with van der Waals surface area (Å²) in [6.45, 7) is 3.57. The molecule has 1 fully saturated rings. The molecule has 0 radical (unpaired) electrons. The predicted molar refractivity (Wildman–Crippen MR) is 31.3 cm³/mol. The lowest BCUT2D eigenvalue weighted by Crippen LogP contribution is -2.43. The summed E-state index contributed by atoms with van der Waals surface area (Å²) in [5.41, 5.74) is 0. The highest BCUT2D eigenvalue weighted by Crippen LogP contribution is 2.16. The van der Waals surface area contributed by atoms with Crippen molar-refractivity contribution in [3.8, 4) is 0 Å². The van der Waals surface area contributed by atoms with Crippen molar-refractivity contribution in [1.82, 2.24) is 4.90 Å². The van der Waals surface area contributed by atoms with Gasteiger partial charge in [0.2, 0.25) is 0 Å². The fraction of sp³-hybridized carbons (Fsp3) is 1.00. The first-order valence-electron chi connectivity index (χ1n) is 3.05. The van der Waals surface area contributed by atoms with Crippen LogP contribution >= 0.6 is 0 Å². The Hall–Kier alpha value is -0.0400. The van der Waals surface area contributed by atoms with Crippen LogP contribution in [0, 0.1) is 0 Å². The zero-order valence-corrected chi connectivity index (χ0v) is 5.15. The molecule has 0 N–H and O–H groups in total. The van der Waals surface area contributed by atoms with Crippen LogP contribution in [0.3, 0.4) is 0 Å². The van der Waals surface area contributed by atoms with Crippen molar-refractivity contribution in [3.05, 3.63) is 0 Å². The molecule has 1 heteroatoms. The Bertz CT molecular complexity index is 59.2. The zero-order chi connectivity index (χ0) is 5.28.